The zero-order chi connectivity index (χ0) is 19.9. The zero-order valence-electron chi connectivity index (χ0n) is 13.6. The summed E-state index contributed by atoms with van der Waals surface area (Å²) in [6.07, 6.45) is -2.50. The predicted octanol–water partition coefficient (Wildman–Crippen LogP) is -1.68. The highest BCUT2D eigenvalue weighted by Gasteiger charge is 2.44. The summed E-state index contributed by atoms with van der Waals surface area (Å²) in [6, 6.07) is 0. The summed E-state index contributed by atoms with van der Waals surface area (Å²) in [7, 11) is -6.03. The monoisotopic (exact) mass is 435 g/mol. The van der Waals surface area contributed by atoms with Crippen LogP contribution in [-0.2, 0) is 30.2 Å². The van der Waals surface area contributed by atoms with Crippen molar-refractivity contribution < 1.29 is 46.6 Å². The minimum absolute atomic E-state index is 0.0292. The summed E-state index contributed by atoms with van der Waals surface area (Å²) < 4.78 is 50.2. The maximum Gasteiger partial charge on any atom is 0.466 e. The molecule has 1 saturated heterocycles. The summed E-state index contributed by atoms with van der Waals surface area (Å²) >= 11 is 0.683. The van der Waals surface area contributed by atoms with E-state index in [0.717, 1.165) is 0 Å². The molecule has 1 heterocycles. The lowest BCUT2D eigenvalue weighted by molar-refractivity contribution is -0.205. The highest BCUT2D eigenvalue weighted by atomic mass is 32.3. The second kappa shape index (κ2) is 10.7. The normalized spacial score (nSPS) is 31.9. The van der Waals surface area contributed by atoms with E-state index in [2.05, 4.69) is 9.44 Å². The van der Waals surface area contributed by atoms with Crippen LogP contribution in [0.4, 0.5) is 0 Å². The Bertz CT molecular complexity index is 635. The summed E-state index contributed by atoms with van der Waals surface area (Å²) in [5, 5.41) is 43.3. The Morgan fingerprint density at radius 2 is 1.96 bits per heavy atom. The molecule has 5 N–H and O–H groups in total. The summed E-state index contributed by atoms with van der Waals surface area (Å²) in [4.78, 5) is 0. The Hall–Kier alpha value is -0.580. The number of nitrogens with zero attached hydrogens (tertiary/aromatic N) is 1. The molecule has 1 aliphatic heterocycles. The van der Waals surface area contributed by atoms with E-state index in [9.17, 15) is 27.9 Å². The number of aliphatic hydroxyl groups is 4. The second-order valence-electron chi connectivity index (χ2n) is 5.21. The van der Waals surface area contributed by atoms with Crippen molar-refractivity contribution in [2.75, 3.05) is 12.9 Å². The minimum atomic E-state index is -4.85. The molecule has 0 amide bonds. The van der Waals surface area contributed by atoms with Crippen LogP contribution in [-0.4, -0.2) is 85.4 Å². The van der Waals surface area contributed by atoms with Gasteiger partial charge in [0.1, 0.15) is 34.9 Å². The Morgan fingerprint density at radius 3 is 2.50 bits per heavy atom. The first-order valence-electron chi connectivity index (χ1n) is 7.24. The first-order chi connectivity index (χ1) is 12.0. The van der Waals surface area contributed by atoms with Crippen LogP contribution in [0.25, 0.3) is 0 Å². The van der Waals surface area contributed by atoms with Gasteiger partial charge in [-0.3, -0.25) is 8.76 Å². The van der Waals surface area contributed by atoms with Gasteiger partial charge in [-0.2, -0.15) is 8.42 Å². The van der Waals surface area contributed by atoms with Crippen LogP contribution in [0, 0.1) is 0 Å². The van der Waals surface area contributed by atoms with Gasteiger partial charge in [0.25, 0.3) is 0 Å². The largest absolute Gasteiger partial charge is 0.466 e. The molecule has 0 unspecified atom stereocenters. The van der Waals surface area contributed by atoms with E-state index < -0.39 is 57.7 Å². The van der Waals surface area contributed by atoms with Crippen LogP contribution in [0.2, 0.25) is 0 Å². The average Bonchev–Trinajstić information content (AvgIpc) is 2.55. The molecule has 0 saturated carbocycles. The number of oxime groups is 1. The summed E-state index contributed by atoms with van der Waals surface area (Å²) in [6.45, 7) is -0.624. The predicted molar refractivity (Wildman–Crippen MR) is 93.9 cm³/mol. The molecule has 6 atom stereocenters. The highest BCUT2D eigenvalue weighted by molar-refractivity contribution is 8.14. The standard InChI is InChI=1S/C12H21NO10S3/c1-25(18)5-3-2-4-8(13-23-26(19,20)21)24-12-11(17)10(16)9(15)7(6-14)22-12/h3,5,7,9-12,14-17H,2,4,6H2,1H3,(H,19,20,21)/b5-3-,13-8+/t7-,9-,10+,11-,12+,25+/m1/s1. The molecule has 0 aromatic rings. The van der Waals surface area contributed by atoms with Gasteiger partial charge in [-0.15, -0.1) is 0 Å². The lowest BCUT2D eigenvalue weighted by Crippen LogP contribution is -2.57. The van der Waals surface area contributed by atoms with Gasteiger partial charge < -0.3 is 25.2 Å². The van der Waals surface area contributed by atoms with Crippen molar-refractivity contribution >= 4 is 38.0 Å². The van der Waals surface area contributed by atoms with Crippen LogP contribution in [0.5, 0.6) is 0 Å². The minimum Gasteiger partial charge on any atom is -0.394 e. The number of thioether (sulfide) groups is 1. The van der Waals surface area contributed by atoms with Gasteiger partial charge in [0.05, 0.1) is 6.61 Å². The SMILES string of the molecule is C[S@](=O)/C=C\CC/C(=N\OS(=O)(=O)O)S[C@@H]1O[C@H](CO)[C@@H](O)[C@H](O)[C@H]1O. The Kier molecular flexibility index (Phi) is 9.63. The van der Waals surface area contributed by atoms with Crippen molar-refractivity contribution in [3.63, 3.8) is 0 Å². The average molecular weight is 435 g/mol. The number of hydrogen-bond donors (Lipinski definition) is 5. The van der Waals surface area contributed by atoms with Gasteiger partial charge in [0, 0.05) is 23.5 Å². The van der Waals surface area contributed by atoms with Crippen molar-refractivity contribution in [2.45, 2.75) is 42.7 Å². The van der Waals surface area contributed by atoms with Gasteiger partial charge >= 0.3 is 10.4 Å². The second-order valence-corrected chi connectivity index (χ2v) is 8.66. The first kappa shape index (κ1) is 23.5. The molecule has 1 fully saturated rings. The lowest BCUT2D eigenvalue weighted by atomic mass is 10.0. The van der Waals surface area contributed by atoms with E-state index in [1.54, 1.807) is 6.08 Å². The smallest absolute Gasteiger partial charge is 0.394 e. The topological polar surface area (TPSA) is 183 Å². The number of aliphatic hydroxyl groups excluding tert-OH is 4. The van der Waals surface area contributed by atoms with Crippen molar-refractivity contribution in [3.8, 4) is 0 Å². The van der Waals surface area contributed by atoms with Crippen molar-refractivity contribution in [1.82, 2.24) is 0 Å². The van der Waals surface area contributed by atoms with E-state index >= 15 is 0 Å². The van der Waals surface area contributed by atoms with Crippen molar-refractivity contribution in [2.24, 2.45) is 5.16 Å². The molecule has 11 nitrogen and oxygen atoms in total. The molecule has 1 aliphatic rings. The molecular weight excluding hydrogens is 414 g/mol. The first-order valence-corrected chi connectivity index (χ1v) is 11.1. The molecule has 152 valence electrons. The molecule has 0 aliphatic carbocycles. The molecule has 0 aromatic heterocycles. The fraction of sp³-hybridized carbons (Fsp3) is 0.750. The maximum absolute atomic E-state index is 11.0. The highest BCUT2D eigenvalue weighted by Crippen LogP contribution is 2.30. The van der Waals surface area contributed by atoms with Gasteiger partial charge in [0.2, 0.25) is 0 Å². The fourth-order valence-corrected chi connectivity index (χ4v) is 3.65. The van der Waals surface area contributed by atoms with E-state index in [1.165, 1.54) is 11.7 Å². The van der Waals surface area contributed by atoms with Crippen LogP contribution >= 0.6 is 11.8 Å². The lowest BCUT2D eigenvalue weighted by Gasteiger charge is -2.39. The number of allylic oxidation sites excluding steroid dienone is 1. The Morgan fingerprint density at radius 1 is 1.31 bits per heavy atom. The third kappa shape index (κ3) is 7.98. The maximum atomic E-state index is 11.0. The van der Waals surface area contributed by atoms with Crippen LogP contribution in [0.1, 0.15) is 12.8 Å². The van der Waals surface area contributed by atoms with E-state index in [-0.39, 0.29) is 17.9 Å². The fourth-order valence-electron chi connectivity index (χ4n) is 1.92. The summed E-state index contributed by atoms with van der Waals surface area (Å²) in [5.41, 5.74) is -1.20. The van der Waals surface area contributed by atoms with Crippen molar-refractivity contribution in [3.05, 3.63) is 11.5 Å². The molecule has 0 radical (unpaired) electrons. The summed E-state index contributed by atoms with van der Waals surface area (Å²) in [5.74, 6) is 0. The van der Waals surface area contributed by atoms with Crippen molar-refractivity contribution in [1.29, 1.82) is 0 Å². The molecule has 14 heteroatoms. The third-order valence-electron chi connectivity index (χ3n) is 3.15. The number of rotatable bonds is 8. The third-order valence-corrected chi connectivity index (χ3v) is 5.16. The van der Waals surface area contributed by atoms with Crippen LogP contribution in [0.3, 0.4) is 0 Å². The molecule has 0 bridgehead atoms. The number of hydrogen-bond acceptors (Lipinski definition) is 11. The molecule has 26 heavy (non-hydrogen) atoms. The van der Waals surface area contributed by atoms with E-state index in [4.69, 9.17) is 14.4 Å². The van der Waals surface area contributed by atoms with Gasteiger partial charge in [-0.25, -0.2) is 4.28 Å². The zero-order valence-corrected chi connectivity index (χ0v) is 16.1. The van der Waals surface area contributed by atoms with Crippen LogP contribution < -0.4 is 0 Å². The van der Waals surface area contributed by atoms with Gasteiger partial charge in [-0.1, -0.05) is 23.0 Å². The van der Waals surface area contributed by atoms with E-state index in [1.807, 2.05) is 0 Å². The molecular formula is C12H21NO10S3. The van der Waals surface area contributed by atoms with E-state index in [0.29, 0.717) is 11.8 Å². The molecule has 1 rings (SSSR count). The van der Waals surface area contributed by atoms with Gasteiger partial charge in [0.15, 0.2) is 0 Å². The van der Waals surface area contributed by atoms with Gasteiger partial charge in [-0.05, 0) is 11.8 Å². The molecule has 0 aromatic carbocycles. The van der Waals surface area contributed by atoms with Crippen LogP contribution in [0.15, 0.2) is 16.6 Å². The molecule has 0 spiro atoms. The Labute approximate surface area is 157 Å². The quantitative estimate of drug-likeness (QED) is 0.127. The Balaban J connectivity index is 2.87. The number of ether oxygens (including phenoxy) is 1.